The molecule has 94 valence electrons. The number of aliphatic hydroxyl groups excluding tert-OH is 2. The van der Waals surface area contributed by atoms with Gasteiger partial charge < -0.3 is 14.9 Å². The summed E-state index contributed by atoms with van der Waals surface area (Å²) in [6.45, 7) is 0. The summed E-state index contributed by atoms with van der Waals surface area (Å²) in [4.78, 5) is 24.5. The summed E-state index contributed by atoms with van der Waals surface area (Å²) >= 11 is 2.90. The van der Waals surface area contributed by atoms with Crippen LogP contribution < -0.4 is 11.2 Å². The summed E-state index contributed by atoms with van der Waals surface area (Å²) in [5.41, 5.74) is -1.11. The quantitative estimate of drug-likeness (QED) is 0.602. The van der Waals surface area contributed by atoms with Crippen molar-refractivity contribution in [2.75, 3.05) is 0 Å². The van der Waals surface area contributed by atoms with Gasteiger partial charge in [0.1, 0.15) is 17.3 Å². The minimum absolute atomic E-state index is 0.166. The summed E-state index contributed by atoms with van der Waals surface area (Å²) in [5.74, 6) is 0. The lowest BCUT2D eigenvalue weighted by Gasteiger charge is -2.16. The maximum absolute atomic E-state index is 11.5. The standard InChI is InChI=1S/C9H11BrN2O5/c10-8(15)7-4(13)3-6(17-7)12-2-1-5(14)11-9(12)16/h1-2,4,6-8,13,15H,3H2,(H,11,14,16)/t4-,6+,7-,8+/m0/s1. The molecule has 0 unspecified atom stereocenters. The van der Waals surface area contributed by atoms with Crippen molar-refractivity contribution in [2.24, 2.45) is 0 Å². The number of nitrogens with one attached hydrogen (secondary N) is 1. The zero-order valence-electron chi connectivity index (χ0n) is 8.62. The molecule has 8 heteroatoms. The molecule has 0 aliphatic carbocycles. The fourth-order valence-corrected chi connectivity index (χ4v) is 2.23. The van der Waals surface area contributed by atoms with Gasteiger partial charge in [0.25, 0.3) is 5.56 Å². The molecule has 2 rings (SSSR count). The second-order valence-electron chi connectivity index (χ2n) is 3.75. The lowest BCUT2D eigenvalue weighted by molar-refractivity contribution is -0.0544. The van der Waals surface area contributed by atoms with Crippen molar-refractivity contribution in [1.82, 2.24) is 9.55 Å². The smallest absolute Gasteiger partial charge is 0.330 e. The molecular weight excluding hydrogens is 296 g/mol. The second-order valence-corrected chi connectivity index (χ2v) is 4.69. The molecular formula is C9H11BrN2O5. The van der Waals surface area contributed by atoms with Crippen LogP contribution in [0.1, 0.15) is 12.6 Å². The van der Waals surface area contributed by atoms with E-state index in [4.69, 9.17) is 4.74 Å². The maximum Gasteiger partial charge on any atom is 0.330 e. The van der Waals surface area contributed by atoms with Crippen molar-refractivity contribution >= 4 is 15.9 Å². The van der Waals surface area contributed by atoms with Gasteiger partial charge in [-0.2, -0.15) is 0 Å². The normalized spacial score (nSPS) is 30.4. The summed E-state index contributed by atoms with van der Waals surface area (Å²) in [6, 6.07) is 1.19. The van der Waals surface area contributed by atoms with Gasteiger partial charge in [-0.15, -0.1) is 0 Å². The number of aliphatic hydroxyl groups is 2. The predicted octanol–water partition coefficient (Wildman–Crippen LogP) is -1.10. The largest absolute Gasteiger partial charge is 0.390 e. The fraction of sp³-hybridized carbons (Fsp3) is 0.556. The molecule has 0 radical (unpaired) electrons. The molecule has 7 nitrogen and oxygen atoms in total. The van der Waals surface area contributed by atoms with Crippen molar-refractivity contribution in [3.05, 3.63) is 33.1 Å². The zero-order chi connectivity index (χ0) is 12.6. The number of hydrogen-bond donors (Lipinski definition) is 3. The SMILES string of the molecule is O=c1ccn([C@H]2C[C@H](O)[C@@H]([C@@H](O)Br)O2)c(=O)[nH]1. The van der Waals surface area contributed by atoms with E-state index in [1.165, 1.54) is 16.8 Å². The monoisotopic (exact) mass is 306 g/mol. The van der Waals surface area contributed by atoms with Gasteiger partial charge in [0.05, 0.1) is 6.10 Å². The molecule has 1 aromatic rings. The van der Waals surface area contributed by atoms with Crippen LogP contribution in [0.4, 0.5) is 0 Å². The van der Waals surface area contributed by atoms with Gasteiger partial charge in [0, 0.05) is 18.7 Å². The van der Waals surface area contributed by atoms with E-state index >= 15 is 0 Å². The van der Waals surface area contributed by atoms with Crippen molar-refractivity contribution in [2.45, 2.75) is 29.9 Å². The van der Waals surface area contributed by atoms with Gasteiger partial charge in [0.15, 0.2) is 0 Å². The Kier molecular flexibility index (Phi) is 3.48. The number of alkyl halides is 1. The van der Waals surface area contributed by atoms with E-state index in [0.29, 0.717) is 0 Å². The summed E-state index contributed by atoms with van der Waals surface area (Å²) in [5, 5.41) is 17.9. The van der Waals surface area contributed by atoms with E-state index in [1.54, 1.807) is 0 Å². The van der Waals surface area contributed by atoms with Crippen LogP contribution >= 0.6 is 15.9 Å². The first-order valence-electron chi connectivity index (χ1n) is 4.96. The van der Waals surface area contributed by atoms with Gasteiger partial charge in [-0.25, -0.2) is 4.79 Å². The Morgan fingerprint density at radius 2 is 2.29 bits per heavy atom. The number of nitrogens with zero attached hydrogens (tertiary/aromatic N) is 1. The molecule has 0 amide bonds. The summed E-state index contributed by atoms with van der Waals surface area (Å²) in [6.07, 6.45) is -0.931. The van der Waals surface area contributed by atoms with E-state index in [0.717, 1.165) is 0 Å². The lowest BCUT2D eigenvalue weighted by Crippen LogP contribution is -2.32. The molecule has 1 fully saturated rings. The van der Waals surface area contributed by atoms with E-state index < -0.39 is 34.7 Å². The second kappa shape index (κ2) is 4.73. The van der Waals surface area contributed by atoms with E-state index in [9.17, 15) is 19.8 Å². The van der Waals surface area contributed by atoms with Gasteiger partial charge >= 0.3 is 5.69 Å². The average molecular weight is 307 g/mol. The molecule has 1 aliphatic heterocycles. The van der Waals surface area contributed by atoms with Gasteiger partial charge in [-0.1, -0.05) is 15.9 Å². The molecule has 0 spiro atoms. The van der Waals surface area contributed by atoms with Crippen LogP contribution in [0.2, 0.25) is 0 Å². The third-order valence-electron chi connectivity index (χ3n) is 2.57. The highest BCUT2D eigenvalue weighted by Crippen LogP contribution is 2.30. The molecule has 0 saturated carbocycles. The maximum atomic E-state index is 11.5. The predicted molar refractivity (Wildman–Crippen MR) is 60.8 cm³/mol. The minimum atomic E-state index is -1.01. The third-order valence-corrected chi connectivity index (χ3v) is 3.09. The highest BCUT2D eigenvalue weighted by atomic mass is 79.9. The lowest BCUT2D eigenvalue weighted by atomic mass is 10.2. The van der Waals surface area contributed by atoms with Crippen LogP contribution in [0.5, 0.6) is 0 Å². The summed E-state index contributed by atoms with van der Waals surface area (Å²) < 4.78 is 6.50. The highest BCUT2D eigenvalue weighted by Gasteiger charge is 2.38. The molecule has 0 aromatic carbocycles. The Labute approximate surface area is 104 Å². The minimum Gasteiger partial charge on any atom is -0.390 e. The van der Waals surface area contributed by atoms with Crippen molar-refractivity contribution in [3.63, 3.8) is 0 Å². The summed E-state index contributed by atoms with van der Waals surface area (Å²) in [7, 11) is 0. The number of H-pyrrole nitrogens is 1. The van der Waals surface area contributed by atoms with E-state index in [2.05, 4.69) is 20.9 Å². The molecule has 2 heterocycles. The highest BCUT2D eigenvalue weighted by molar-refractivity contribution is 9.09. The first kappa shape index (κ1) is 12.5. The van der Waals surface area contributed by atoms with Gasteiger partial charge in [0.2, 0.25) is 0 Å². The van der Waals surface area contributed by atoms with Crippen molar-refractivity contribution in [1.29, 1.82) is 0 Å². The Morgan fingerprint density at radius 1 is 1.59 bits per heavy atom. The number of ether oxygens (including phenoxy) is 1. The number of aromatic nitrogens is 2. The number of hydrogen-bond acceptors (Lipinski definition) is 5. The first-order chi connectivity index (χ1) is 7.99. The van der Waals surface area contributed by atoms with Crippen LogP contribution in [0.25, 0.3) is 0 Å². The average Bonchev–Trinajstić information content (AvgIpc) is 2.60. The van der Waals surface area contributed by atoms with Gasteiger partial charge in [-0.05, 0) is 0 Å². The van der Waals surface area contributed by atoms with Crippen LogP contribution in [-0.4, -0.2) is 37.0 Å². The molecule has 4 atom stereocenters. The third kappa shape index (κ3) is 2.49. The van der Waals surface area contributed by atoms with Crippen LogP contribution in [0.15, 0.2) is 21.9 Å². The number of halogens is 1. The Balaban J connectivity index is 2.26. The Morgan fingerprint density at radius 3 is 2.82 bits per heavy atom. The van der Waals surface area contributed by atoms with Crippen molar-refractivity contribution in [3.8, 4) is 0 Å². The van der Waals surface area contributed by atoms with Crippen LogP contribution in [0, 0.1) is 0 Å². The van der Waals surface area contributed by atoms with Crippen molar-refractivity contribution < 1.29 is 14.9 Å². The molecule has 0 bridgehead atoms. The van der Waals surface area contributed by atoms with E-state index in [1.807, 2.05) is 0 Å². The molecule has 17 heavy (non-hydrogen) atoms. The topological polar surface area (TPSA) is 105 Å². The fourth-order valence-electron chi connectivity index (χ4n) is 1.75. The molecule has 1 saturated heterocycles. The zero-order valence-corrected chi connectivity index (χ0v) is 10.2. The van der Waals surface area contributed by atoms with Gasteiger partial charge in [-0.3, -0.25) is 14.3 Å². The number of rotatable bonds is 2. The Hall–Kier alpha value is -0.960. The van der Waals surface area contributed by atoms with E-state index in [-0.39, 0.29) is 6.42 Å². The Bertz CT molecular complexity index is 511. The first-order valence-corrected chi connectivity index (χ1v) is 5.88. The van der Waals surface area contributed by atoms with Crippen LogP contribution in [-0.2, 0) is 4.74 Å². The molecule has 1 aromatic heterocycles. The van der Waals surface area contributed by atoms with Crippen LogP contribution in [0.3, 0.4) is 0 Å². The molecule has 3 N–H and O–H groups in total. The molecule has 1 aliphatic rings. The number of aromatic amines is 1.